The van der Waals surface area contributed by atoms with Crippen molar-refractivity contribution in [2.24, 2.45) is 0 Å². The molecule has 1 aromatic carbocycles. The van der Waals surface area contributed by atoms with Crippen molar-refractivity contribution in [3.63, 3.8) is 0 Å². The molecule has 0 heterocycles. The Hall–Kier alpha value is -1.39. The maximum absolute atomic E-state index is 13.6. The monoisotopic (exact) mass is 340 g/mol. The van der Waals surface area contributed by atoms with Crippen molar-refractivity contribution in [2.75, 3.05) is 31.4 Å². The van der Waals surface area contributed by atoms with Crippen molar-refractivity contribution in [1.29, 1.82) is 0 Å². The molecule has 0 saturated carbocycles. The highest BCUT2D eigenvalue weighted by Crippen LogP contribution is 2.28. The fraction of sp³-hybridized carbons (Fsp3) is 0.455. The van der Waals surface area contributed by atoms with Crippen molar-refractivity contribution in [1.82, 2.24) is 4.72 Å². The largest absolute Gasteiger partial charge is 0.492 e. The van der Waals surface area contributed by atoms with Crippen LogP contribution < -0.4 is 15.2 Å². The maximum Gasteiger partial charge on any atom is 0.240 e. The molecule has 0 aliphatic rings. The Morgan fingerprint density at radius 3 is 2.38 bits per heavy atom. The van der Waals surface area contributed by atoms with Gasteiger partial charge in [-0.25, -0.2) is 25.9 Å². The first kappa shape index (κ1) is 17.7. The molecule has 0 radical (unpaired) electrons. The molecular formula is C11H17FN2O5S2. The molecule has 21 heavy (non-hydrogen) atoms. The summed E-state index contributed by atoms with van der Waals surface area (Å²) in [5.74, 6) is -1.27. The van der Waals surface area contributed by atoms with Crippen LogP contribution in [0.25, 0.3) is 0 Å². The van der Waals surface area contributed by atoms with E-state index in [1.807, 2.05) is 0 Å². The molecule has 10 heteroatoms. The van der Waals surface area contributed by atoms with Crippen LogP contribution in [0.2, 0.25) is 0 Å². The van der Waals surface area contributed by atoms with Gasteiger partial charge in [0.15, 0.2) is 11.6 Å². The van der Waals surface area contributed by atoms with Crippen LogP contribution in [0.1, 0.15) is 6.42 Å². The van der Waals surface area contributed by atoms with Gasteiger partial charge in [-0.05, 0) is 18.6 Å². The Bertz CT molecular complexity index is 693. The zero-order chi connectivity index (χ0) is 16.3. The SMILES string of the molecule is COc1c(N)cc(S(=O)(=O)NCCCS(C)(=O)=O)cc1F. The van der Waals surface area contributed by atoms with Gasteiger partial charge in [-0.3, -0.25) is 0 Å². The summed E-state index contributed by atoms with van der Waals surface area (Å²) in [5.41, 5.74) is 5.36. The highest BCUT2D eigenvalue weighted by Gasteiger charge is 2.19. The number of halogens is 1. The van der Waals surface area contributed by atoms with Crippen LogP contribution in [-0.2, 0) is 19.9 Å². The topological polar surface area (TPSA) is 116 Å². The van der Waals surface area contributed by atoms with Crippen LogP contribution in [0.3, 0.4) is 0 Å². The first-order valence-electron chi connectivity index (χ1n) is 5.87. The number of anilines is 1. The second kappa shape index (κ2) is 6.58. The maximum atomic E-state index is 13.6. The fourth-order valence-corrected chi connectivity index (χ4v) is 3.37. The Labute approximate surface area is 123 Å². The molecule has 0 atom stereocenters. The number of benzene rings is 1. The van der Waals surface area contributed by atoms with Crippen LogP contribution in [0.15, 0.2) is 17.0 Å². The summed E-state index contributed by atoms with van der Waals surface area (Å²) in [6.45, 7) is -0.0804. The summed E-state index contributed by atoms with van der Waals surface area (Å²) in [6.07, 6.45) is 1.17. The van der Waals surface area contributed by atoms with Crippen molar-refractivity contribution in [3.05, 3.63) is 17.9 Å². The molecule has 0 aliphatic carbocycles. The van der Waals surface area contributed by atoms with Crippen molar-refractivity contribution < 1.29 is 26.0 Å². The van der Waals surface area contributed by atoms with Crippen molar-refractivity contribution >= 4 is 25.5 Å². The number of hydrogen-bond acceptors (Lipinski definition) is 6. The summed E-state index contributed by atoms with van der Waals surface area (Å²) >= 11 is 0. The normalized spacial score (nSPS) is 12.3. The van der Waals surface area contributed by atoms with E-state index < -0.39 is 25.7 Å². The molecule has 0 saturated heterocycles. The van der Waals surface area contributed by atoms with Gasteiger partial charge >= 0.3 is 0 Å². The quantitative estimate of drug-likeness (QED) is 0.538. The van der Waals surface area contributed by atoms with Gasteiger partial charge in [0.05, 0.1) is 23.4 Å². The van der Waals surface area contributed by atoms with Crippen LogP contribution in [0.4, 0.5) is 10.1 Å². The van der Waals surface area contributed by atoms with Gasteiger partial charge in [-0.2, -0.15) is 0 Å². The van der Waals surface area contributed by atoms with Gasteiger partial charge in [0, 0.05) is 12.8 Å². The fourth-order valence-electron chi connectivity index (χ4n) is 1.58. The molecule has 7 nitrogen and oxygen atoms in total. The lowest BCUT2D eigenvalue weighted by Crippen LogP contribution is -2.26. The summed E-state index contributed by atoms with van der Waals surface area (Å²) in [6, 6.07) is 1.86. The van der Waals surface area contributed by atoms with E-state index in [0.717, 1.165) is 18.4 Å². The van der Waals surface area contributed by atoms with Crippen LogP contribution in [0, 0.1) is 5.82 Å². The number of nitrogens with two attached hydrogens (primary N) is 1. The average molecular weight is 340 g/mol. The number of sulfonamides is 1. The van der Waals surface area contributed by atoms with E-state index in [-0.39, 0.29) is 35.1 Å². The van der Waals surface area contributed by atoms with E-state index in [2.05, 4.69) is 4.72 Å². The predicted octanol–water partition coefficient (Wildman–Crippen LogP) is 0.129. The Morgan fingerprint density at radius 1 is 1.29 bits per heavy atom. The van der Waals surface area contributed by atoms with Gasteiger partial charge in [0.1, 0.15) is 9.84 Å². The van der Waals surface area contributed by atoms with E-state index in [1.165, 1.54) is 7.11 Å². The number of nitrogen functional groups attached to an aromatic ring is 1. The highest BCUT2D eigenvalue weighted by atomic mass is 32.2. The van der Waals surface area contributed by atoms with Gasteiger partial charge in [0.25, 0.3) is 0 Å². The average Bonchev–Trinajstić information content (AvgIpc) is 2.33. The predicted molar refractivity (Wildman–Crippen MR) is 76.9 cm³/mol. The summed E-state index contributed by atoms with van der Waals surface area (Å²) < 4.78 is 66.2. The lowest BCUT2D eigenvalue weighted by molar-refractivity contribution is 0.388. The first-order chi connectivity index (χ1) is 9.57. The highest BCUT2D eigenvalue weighted by molar-refractivity contribution is 7.90. The molecule has 0 aromatic heterocycles. The lowest BCUT2D eigenvalue weighted by Gasteiger charge is -2.10. The molecule has 3 N–H and O–H groups in total. The van der Waals surface area contributed by atoms with Gasteiger partial charge in [-0.15, -0.1) is 0 Å². The molecule has 0 amide bonds. The molecule has 1 aromatic rings. The number of methoxy groups -OCH3 is 1. The molecule has 0 fully saturated rings. The number of sulfone groups is 1. The molecule has 0 bridgehead atoms. The molecule has 120 valence electrons. The standard InChI is InChI=1S/C11H17FN2O5S2/c1-19-11-9(12)6-8(7-10(11)13)21(17,18)14-4-3-5-20(2,15)16/h6-7,14H,3-5,13H2,1-2H3. The number of nitrogens with one attached hydrogen (secondary N) is 1. The number of rotatable bonds is 7. The summed E-state index contributed by atoms with van der Waals surface area (Å²) in [7, 11) is -5.91. The zero-order valence-electron chi connectivity index (χ0n) is 11.6. The van der Waals surface area contributed by atoms with E-state index in [4.69, 9.17) is 10.5 Å². The van der Waals surface area contributed by atoms with Gasteiger partial charge in [-0.1, -0.05) is 0 Å². The van der Waals surface area contributed by atoms with Gasteiger partial charge in [0.2, 0.25) is 10.0 Å². The second-order valence-electron chi connectivity index (χ2n) is 4.41. The number of hydrogen-bond donors (Lipinski definition) is 2. The minimum atomic E-state index is -3.97. The minimum absolute atomic E-state index is 0.0804. The third kappa shape index (κ3) is 5.14. The second-order valence-corrected chi connectivity index (χ2v) is 8.44. The van der Waals surface area contributed by atoms with Crippen LogP contribution in [-0.4, -0.2) is 42.5 Å². The molecular weight excluding hydrogens is 323 g/mol. The van der Waals surface area contributed by atoms with E-state index in [0.29, 0.717) is 0 Å². The van der Waals surface area contributed by atoms with Crippen LogP contribution >= 0.6 is 0 Å². The molecule has 0 spiro atoms. The Kier molecular flexibility index (Phi) is 5.54. The third-order valence-electron chi connectivity index (χ3n) is 2.54. The van der Waals surface area contributed by atoms with E-state index in [1.54, 1.807) is 0 Å². The molecule has 0 aliphatic heterocycles. The van der Waals surface area contributed by atoms with Crippen molar-refractivity contribution in [2.45, 2.75) is 11.3 Å². The first-order valence-corrected chi connectivity index (χ1v) is 9.41. The van der Waals surface area contributed by atoms with Crippen molar-refractivity contribution in [3.8, 4) is 5.75 Å². The molecule has 0 unspecified atom stereocenters. The smallest absolute Gasteiger partial charge is 0.240 e. The minimum Gasteiger partial charge on any atom is -0.492 e. The Balaban J connectivity index is 2.84. The van der Waals surface area contributed by atoms with Gasteiger partial charge < -0.3 is 10.5 Å². The van der Waals surface area contributed by atoms with Crippen LogP contribution in [0.5, 0.6) is 5.75 Å². The zero-order valence-corrected chi connectivity index (χ0v) is 13.2. The third-order valence-corrected chi connectivity index (χ3v) is 5.01. The molecule has 1 rings (SSSR count). The van der Waals surface area contributed by atoms with E-state index in [9.17, 15) is 21.2 Å². The van der Waals surface area contributed by atoms with E-state index >= 15 is 0 Å². The lowest BCUT2D eigenvalue weighted by atomic mass is 10.3. The summed E-state index contributed by atoms with van der Waals surface area (Å²) in [4.78, 5) is -0.349. The Morgan fingerprint density at radius 2 is 1.90 bits per heavy atom. The summed E-state index contributed by atoms with van der Waals surface area (Å²) in [5, 5.41) is 0. The number of ether oxygens (including phenoxy) is 1.